The van der Waals surface area contributed by atoms with Crippen LogP contribution in [0.15, 0.2) is 42.6 Å². The minimum Gasteiger partial charge on any atom is -0.493 e. The molecule has 23 heavy (non-hydrogen) atoms. The molecule has 0 saturated heterocycles. The number of hydrogen-bond donors (Lipinski definition) is 2. The Kier molecular flexibility index (Phi) is 6.17. The molecule has 2 N–H and O–H groups in total. The van der Waals surface area contributed by atoms with Gasteiger partial charge in [0.15, 0.2) is 16.7 Å². The van der Waals surface area contributed by atoms with Crippen LogP contribution in [0.2, 0.25) is 0 Å². The van der Waals surface area contributed by atoms with Crippen LogP contribution in [0.3, 0.4) is 0 Å². The lowest BCUT2D eigenvalue weighted by molar-refractivity contribution is 0.242. The van der Waals surface area contributed by atoms with Crippen molar-refractivity contribution in [2.75, 3.05) is 12.4 Å². The standard InChI is InChI=1S/C17H21N3O2S/c1-12(2)22-14-8-6-13(7-9-14)11-19-17(23)20-16-15(21-3)5-4-10-18-16/h4-10,12H,11H2,1-3H3,(H2,18,19,20,23). The van der Waals surface area contributed by atoms with Crippen LogP contribution in [0.5, 0.6) is 11.5 Å². The molecule has 1 aromatic carbocycles. The third-order valence-corrected chi connectivity index (χ3v) is 3.22. The van der Waals surface area contributed by atoms with Gasteiger partial charge in [-0.25, -0.2) is 4.98 Å². The van der Waals surface area contributed by atoms with Gasteiger partial charge in [-0.15, -0.1) is 0 Å². The fourth-order valence-corrected chi connectivity index (χ4v) is 2.11. The van der Waals surface area contributed by atoms with Gasteiger partial charge in [-0.2, -0.15) is 0 Å². The van der Waals surface area contributed by atoms with Crippen molar-refractivity contribution in [2.24, 2.45) is 0 Å². The van der Waals surface area contributed by atoms with Crippen LogP contribution in [0.4, 0.5) is 5.82 Å². The smallest absolute Gasteiger partial charge is 0.174 e. The lowest BCUT2D eigenvalue weighted by Gasteiger charge is -2.13. The highest BCUT2D eigenvalue weighted by molar-refractivity contribution is 7.80. The van der Waals surface area contributed by atoms with E-state index < -0.39 is 0 Å². The number of nitrogens with zero attached hydrogens (tertiary/aromatic N) is 1. The average molecular weight is 331 g/mol. The van der Waals surface area contributed by atoms with Crippen molar-refractivity contribution in [1.29, 1.82) is 0 Å². The van der Waals surface area contributed by atoms with Crippen molar-refractivity contribution in [1.82, 2.24) is 10.3 Å². The Morgan fingerprint density at radius 2 is 1.96 bits per heavy atom. The molecule has 0 unspecified atom stereocenters. The number of benzene rings is 1. The number of anilines is 1. The van der Waals surface area contributed by atoms with E-state index in [1.807, 2.05) is 44.2 Å². The fraction of sp³-hybridized carbons (Fsp3) is 0.294. The third kappa shape index (κ3) is 5.41. The summed E-state index contributed by atoms with van der Waals surface area (Å²) in [5.74, 6) is 2.10. The van der Waals surface area contributed by atoms with Gasteiger partial charge in [-0.05, 0) is 55.9 Å². The summed E-state index contributed by atoms with van der Waals surface area (Å²) in [7, 11) is 1.60. The SMILES string of the molecule is COc1cccnc1NC(=S)NCc1ccc(OC(C)C)cc1. The summed E-state index contributed by atoms with van der Waals surface area (Å²) >= 11 is 5.28. The van der Waals surface area contributed by atoms with Crippen molar-refractivity contribution in [3.05, 3.63) is 48.2 Å². The maximum absolute atomic E-state index is 5.62. The number of ether oxygens (including phenoxy) is 2. The van der Waals surface area contributed by atoms with E-state index in [4.69, 9.17) is 21.7 Å². The molecular weight excluding hydrogens is 310 g/mol. The molecule has 0 atom stereocenters. The Morgan fingerprint density at radius 3 is 2.61 bits per heavy atom. The predicted molar refractivity (Wildman–Crippen MR) is 96.1 cm³/mol. The van der Waals surface area contributed by atoms with Gasteiger partial charge in [0, 0.05) is 12.7 Å². The van der Waals surface area contributed by atoms with Crippen molar-refractivity contribution >= 4 is 23.1 Å². The molecule has 0 fully saturated rings. The molecule has 1 heterocycles. The highest BCUT2D eigenvalue weighted by Crippen LogP contribution is 2.19. The first-order valence-electron chi connectivity index (χ1n) is 7.38. The molecule has 0 aliphatic carbocycles. The molecule has 0 bridgehead atoms. The number of rotatable bonds is 6. The number of thiocarbonyl (C=S) groups is 1. The van der Waals surface area contributed by atoms with E-state index >= 15 is 0 Å². The monoisotopic (exact) mass is 331 g/mol. The largest absolute Gasteiger partial charge is 0.493 e. The molecule has 122 valence electrons. The van der Waals surface area contributed by atoms with Crippen LogP contribution >= 0.6 is 12.2 Å². The highest BCUT2D eigenvalue weighted by Gasteiger charge is 2.05. The molecule has 0 radical (unpaired) electrons. The highest BCUT2D eigenvalue weighted by atomic mass is 32.1. The maximum Gasteiger partial charge on any atom is 0.174 e. The fourth-order valence-electron chi connectivity index (χ4n) is 1.94. The third-order valence-electron chi connectivity index (χ3n) is 2.97. The number of aromatic nitrogens is 1. The summed E-state index contributed by atoms with van der Waals surface area (Å²) in [5.41, 5.74) is 1.11. The van der Waals surface area contributed by atoms with Gasteiger partial charge >= 0.3 is 0 Å². The van der Waals surface area contributed by atoms with Gasteiger partial charge in [0.2, 0.25) is 0 Å². The Morgan fingerprint density at radius 1 is 1.22 bits per heavy atom. The van der Waals surface area contributed by atoms with Crippen molar-refractivity contribution in [3.63, 3.8) is 0 Å². The Bertz CT molecular complexity index is 645. The average Bonchev–Trinajstić information content (AvgIpc) is 2.54. The first-order valence-corrected chi connectivity index (χ1v) is 7.78. The molecule has 0 saturated carbocycles. The van der Waals surface area contributed by atoms with E-state index in [1.165, 1.54) is 0 Å². The molecule has 5 nitrogen and oxygen atoms in total. The van der Waals surface area contributed by atoms with Gasteiger partial charge in [-0.3, -0.25) is 0 Å². The van der Waals surface area contributed by atoms with E-state index in [2.05, 4.69) is 15.6 Å². The molecule has 2 aromatic rings. The molecule has 0 aliphatic rings. The van der Waals surface area contributed by atoms with Gasteiger partial charge in [0.25, 0.3) is 0 Å². The topological polar surface area (TPSA) is 55.4 Å². The lowest BCUT2D eigenvalue weighted by Crippen LogP contribution is -2.28. The number of nitrogens with one attached hydrogen (secondary N) is 2. The quantitative estimate of drug-likeness (QED) is 0.792. The van der Waals surface area contributed by atoms with Crippen LogP contribution in [0.25, 0.3) is 0 Å². The predicted octanol–water partition coefficient (Wildman–Crippen LogP) is 3.36. The van der Waals surface area contributed by atoms with Gasteiger partial charge < -0.3 is 20.1 Å². The van der Waals surface area contributed by atoms with E-state index in [1.54, 1.807) is 19.4 Å². The van der Waals surface area contributed by atoms with Gasteiger partial charge in [0.1, 0.15) is 5.75 Å². The molecular formula is C17H21N3O2S. The molecule has 6 heteroatoms. The summed E-state index contributed by atoms with van der Waals surface area (Å²) in [6.45, 7) is 4.62. The number of methoxy groups -OCH3 is 1. The number of pyridine rings is 1. The summed E-state index contributed by atoms with van der Waals surface area (Å²) in [6.07, 6.45) is 1.85. The van der Waals surface area contributed by atoms with Crippen LogP contribution in [0.1, 0.15) is 19.4 Å². The molecule has 0 spiro atoms. The summed E-state index contributed by atoms with van der Waals surface area (Å²) in [4.78, 5) is 4.20. The van der Waals surface area contributed by atoms with Crippen molar-refractivity contribution in [2.45, 2.75) is 26.5 Å². The lowest BCUT2D eigenvalue weighted by atomic mass is 10.2. The normalized spacial score (nSPS) is 10.3. The minimum atomic E-state index is 0.170. The second kappa shape index (κ2) is 8.33. The summed E-state index contributed by atoms with van der Waals surface area (Å²) in [6, 6.07) is 11.6. The maximum atomic E-state index is 5.62. The van der Waals surface area contributed by atoms with Gasteiger partial charge in [-0.1, -0.05) is 12.1 Å². The minimum absolute atomic E-state index is 0.170. The van der Waals surface area contributed by atoms with Crippen LogP contribution in [-0.2, 0) is 6.54 Å². The van der Waals surface area contributed by atoms with Crippen molar-refractivity contribution < 1.29 is 9.47 Å². The zero-order valence-corrected chi connectivity index (χ0v) is 14.3. The van der Waals surface area contributed by atoms with E-state index in [0.29, 0.717) is 23.2 Å². The van der Waals surface area contributed by atoms with Crippen LogP contribution in [-0.4, -0.2) is 23.3 Å². The molecule has 0 amide bonds. The van der Waals surface area contributed by atoms with E-state index in [0.717, 1.165) is 11.3 Å². The van der Waals surface area contributed by atoms with E-state index in [9.17, 15) is 0 Å². The number of hydrogen-bond acceptors (Lipinski definition) is 4. The van der Waals surface area contributed by atoms with Crippen molar-refractivity contribution in [3.8, 4) is 11.5 Å². The Balaban J connectivity index is 1.86. The molecule has 1 aromatic heterocycles. The van der Waals surface area contributed by atoms with Crippen LogP contribution < -0.4 is 20.1 Å². The first-order chi connectivity index (χ1) is 11.1. The Labute approximate surface area is 142 Å². The van der Waals surface area contributed by atoms with E-state index in [-0.39, 0.29) is 6.10 Å². The molecule has 2 rings (SSSR count). The van der Waals surface area contributed by atoms with Gasteiger partial charge in [0.05, 0.1) is 13.2 Å². The van der Waals surface area contributed by atoms with Crippen LogP contribution in [0, 0.1) is 0 Å². The first kappa shape index (κ1) is 17.0. The second-order valence-electron chi connectivity index (χ2n) is 5.17. The zero-order valence-electron chi connectivity index (χ0n) is 13.5. The zero-order chi connectivity index (χ0) is 16.7. The second-order valence-corrected chi connectivity index (χ2v) is 5.58. The molecule has 0 aliphatic heterocycles. The Hall–Kier alpha value is -2.34. The summed E-state index contributed by atoms with van der Waals surface area (Å²) < 4.78 is 10.8. The summed E-state index contributed by atoms with van der Waals surface area (Å²) in [5, 5.41) is 6.66.